The molecule has 3 heterocycles. The molecule has 2 fully saturated rings. The monoisotopic (exact) mass is 513 g/mol. The molecule has 2 aromatic carbocycles. The molecule has 3 aromatic rings. The Bertz CT molecular complexity index is 1270. The number of rotatable bonds is 6. The maximum absolute atomic E-state index is 15.3. The van der Waals surface area contributed by atoms with Crippen LogP contribution in [0.5, 0.6) is 0 Å². The van der Waals surface area contributed by atoms with Crippen molar-refractivity contribution in [3.8, 4) is 0 Å². The summed E-state index contributed by atoms with van der Waals surface area (Å²) in [6.07, 6.45) is 5.38. The smallest absolute Gasteiger partial charge is 0.221 e. The van der Waals surface area contributed by atoms with Gasteiger partial charge in [0.25, 0.3) is 0 Å². The maximum Gasteiger partial charge on any atom is 0.221 e. The molecular formula is C26H32FN5O3S. The van der Waals surface area contributed by atoms with Crippen molar-refractivity contribution in [2.45, 2.75) is 50.1 Å². The van der Waals surface area contributed by atoms with Crippen LogP contribution in [0.15, 0.2) is 61.2 Å². The van der Waals surface area contributed by atoms with Crippen molar-refractivity contribution in [2.75, 3.05) is 24.6 Å². The number of halogens is 1. The van der Waals surface area contributed by atoms with E-state index in [1.807, 2.05) is 47.9 Å². The van der Waals surface area contributed by atoms with Gasteiger partial charge in [-0.3, -0.25) is 0 Å². The lowest BCUT2D eigenvalue weighted by atomic mass is 9.92. The van der Waals surface area contributed by atoms with Gasteiger partial charge in [-0.15, -0.1) is 10.2 Å². The highest BCUT2D eigenvalue weighted by Gasteiger charge is 2.40. The molecule has 36 heavy (non-hydrogen) atoms. The van der Waals surface area contributed by atoms with Crippen molar-refractivity contribution in [1.82, 2.24) is 19.1 Å². The van der Waals surface area contributed by atoms with Crippen molar-refractivity contribution in [3.05, 3.63) is 78.1 Å². The molecule has 10 heteroatoms. The number of nitrogens with zero attached hydrogens (tertiary/aromatic N) is 5. The van der Waals surface area contributed by atoms with E-state index in [1.165, 1.54) is 10.4 Å². The zero-order chi connectivity index (χ0) is 25.3. The van der Waals surface area contributed by atoms with Gasteiger partial charge in [0, 0.05) is 55.5 Å². The Morgan fingerprint density at radius 1 is 1.06 bits per heavy atom. The quantitative estimate of drug-likeness (QED) is 0.542. The molecule has 0 saturated carbocycles. The minimum Gasteiger partial charge on any atom is -0.396 e. The van der Waals surface area contributed by atoms with Gasteiger partial charge in [-0.2, -0.15) is 4.31 Å². The van der Waals surface area contributed by atoms with Crippen molar-refractivity contribution in [3.63, 3.8) is 0 Å². The van der Waals surface area contributed by atoms with E-state index >= 15 is 4.39 Å². The van der Waals surface area contributed by atoms with E-state index in [2.05, 4.69) is 15.1 Å². The van der Waals surface area contributed by atoms with Crippen LogP contribution in [0.1, 0.15) is 48.6 Å². The molecule has 0 amide bonds. The van der Waals surface area contributed by atoms with Crippen LogP contribution >= 0.6 is 0 Å². The Morgan fingerprint density at radius 2 is 1.81 bits per heavy atom. The minimum atomic E-state index is -3.63. The first-order valence-corrected chi connectivity index (χ1v) is 13.9. The fourth-order valence-corrected chi connectivity index (χ4v) is 7.78. The zero-order valence-electron chi connectivity index (χ0n) is 20.3. The molecule has 8 nitrogen and oxygen atoms in total. The predicted molar refractivity (Wildman–Crippen MR) is 135 cm³/mol. The summed E-state index contributed by atoms with van der Waals surface area (Å²) in [6.45, 7) is 3.18. The summed E-state index contributed by atoms with van der Waals surface area (Å²) in [5, 5.41) is 17.1. The van der Waals surface area contributed by atoms with Crippen LogP contribution in [-0.2, 0) is 16.6 Å². The van der Waals surface area contributed by atoms with Crippen LogP contribution < -0.4 is 4.90 Å². The first-order chi connectivity index (χ1) is 17.4. The molecule has 1 aromatic heterocycles. The van der Waals surface area contributed by atoms with E-state index in [4.69, 9.17) is 0 Å². The summed E-state index contributed by atoms with van der Waals surface area (Å²) in [4.78, 5) is 2.07. The Labute approximate surface area is 211 Å². The van der Waals surface area contributed by atoms with Gasteiger partial charge in [0.15, 0.2) is 0 Å². The summed E-state index contributed by atoms with van der Waals surface area (Å²) in [5.41, 5.74) is 1.87. The van der Waals surface area contributed by atoms with Crippen LogP contribution in [0.25, 0.3) is 0 Å². The highest BCUT2D eigenvalue weighted by atomic mass is 32.2. The van der Waals surface area contributed by atoms with Gasteiger partial charge in [-0.05, 0) is 43.9 Å². The van der Waals surface area contributed by atoms with E-state index < -0.39 is 21.1 Å². The van der Waals surface area contributed by atoms with Gasteiger partial charge in [0.2, 0.25) is 10.0 Å². The van der Waals surface area contributed by atoms with Crippen molar-refractivity contribution in [1.29, 1.82) is 0 Å². The van der Waals surface area contributed by atoms with Gasteiger partial charge < -0.3 is 14.6 Å². The van der Waals surface area contributed by atoms with Crippen molar-refractivity contribution >= 4 is 15.7 Å². The van der Waals surface area contributed by atoms with E-state index in [-0.39, 0.29) is 31.2 Å². The average molecular weight is 514 g/mol. The third kappa shape index (κ3) is 4.77. The average Bonchev–Trinajstić information content (AvgIpc) is 3.42. The van der Waals surface area contributed by atoms with Gasteiger partial charge >= 0.3 is 0 Å². The molecule has 4 atom stereocenters. The largest absolute Gasteiger partial charge is 0.396 e. The second-order valence-electron chi connectivity index (χ2n) is 9.85. The fourth-order valence-electron chi connectivity index (χ4n) is 5.59. The molecule has 0 radical (unpaired) electrons. The Balaban J connectivity index is 1.32. The number of benzene rings is 2. The van der Waals surface area contributed by atoms with Gasteiger partial charge in [-0.1, -0.05) is 36.4 Å². The highest BCUT2D eigenvalue weighted by Crippen LogP contribution is 2.38. The van der Waals surface area contributed by atoms with Gasteiger partial charge in [0.1, 0.15) is 23.7 Å². The molecule has 192 valence electrons. The summed E-state index contributed by atoms with van der Waals surface area (Å²) >= 11 is 0. The maximum atomic E-state index is 15.3. The molecule has 4 unspecified atom stereocenters. The summed E-state index contributed by atoms with van der Waals surface area (Å²) < 4.78 is 45.7. The minimum absolute atomic E-state index is 0.00714. The fraction of sp³-hybridized carbons (Fsp3) is 0.462. The lowest BCUT2D eigenvalue weighted by Crippen LogP contribution is -2.45. The van der Waals surface area contributed by atoms with Crippen LogP contribution in [0, 0.1) is 11.7 Å². The lowest BCUT2D eigenvalue weighted by Gasteiger charge is -2.39. The highest BCUT2D eigenvalue weighted by molar-refractivity contribution is 7.89. The van der Waals surface area contributed by atoms with E-state index in [0.717, 1.165) is 24.1 Å². The molecular weight excluding hydrogens is 481 g/mol. The first-order valence-electron chi connectivity index (χ1n) is 12.4. The standard InChI is InChI=1S/C26H32FN5O3S/c1-19-7-10-26(20-5-3-2-4-6-20)36(34,35)32(19)15-21-8-9-23(13-24(21)27)30-12-11-25(22(14-30)16-33)31-17-28-29-18-31/h2-6,8-9,13,17-19,22,25-26,33H,7,10-12,14-16H2,1H3. The molecule has 5 rings (SSSR count). The Morgan fingerprint density at radius 3 is 2.50 bits per heavy atom. The van der Waals surface area contributed by atoms with Gasteiger partial charge in [-0.25, -0.2) is 12.8 Å². The molecule has 2 saturated heterocycles. The van der Waals surface area contributed by atoms with E-state index in [9.17, 15) is 13.5 Å². The predicted octanol–water partition coefficient (Wildman–Crippen LogP) is 3.53. The van der Waals surface area contributed by atoms with Gasteiger partial charge in [0.05, 0.1) is 0 Å². The molecule has 1 N–H and O–H groups in total. The van der Waals surface area contributed by atoms with Crippen LogP contribution in [0.2, 0.25) is 0 Å². The number of aliphatic hydroxyl groups excluding tert-OH is 1. The number of aliphatic hydroxyl groups is 1. The zero-order valence-corrected chi connectivity index (χ0v) is 21.1. The summed E-state index contributed by atoms with van der Waals surface area (Å²) in [7, 11) is -3.63. The second kappa shape index (κ2) is 10.3. The van der Waals surface area contributed by atoms with Crippen LogP contribution in [0.3, 0.4) is 0 Å². The van der Waals surface area contributed by atoms with Crippen LogP contribution in [-0.4, -0.2) is 58.3 Å². The molecule has 0 aliphatic carbocycles. The first kappa shape index (κ1) is 24.9. The number of anilines is 1. The topological polar surface area (TPSA) is 91.6 Å². The Hall–Kier alpha value is -2.82. The number of aromatic nitrogens is 3. The molecule has 0 bridgehead atoms. The number of piperidine rings is 1. The lowest BCUT2D eigenvalue weighted by molar-refractivity contribution is 0.160. The molecule has 2 aliphatic rings. The van der Waals surface area contributed by atoms with E-state index in [0.29, 0.717) is 25.1 Å². The van der Waals surface area contributed by atoms with Crippen molar-refractivity contribution < 1.29 is 17.9 Å². The molecule has 2 aliphatic heterocycles. The normalized spacial score (nSPS) is 26.7. The third-order valence-electron chi connectivity index (χ3n) is 7.67. The number of hydrogen-bond donors (Lipinski definition) is 1. The van der Waals surface area contributed by atoms with E-state index in [1.54, 1.807) is 18.7 Å². The third-order valence-corrected chi connectivity index (χ3v) is 10.0. The number of sulfonamides is 1. The molecule has 0 spiro atoms. The summed E-state index contributed by atoms with van der Waals surface area (Å²) in [5.74, 6) is -0.454. The van der Waals surface area contributed by atoms with Crippen LogP contribution in [0.4, 0.5) is 10.1 Å². The van der Waals surface area contributed by atoms with Crippen molar-refractivity contribution in [2.24, 2.45) is 5.92 Å². The summed E-state index contributed by atoms with van der Waals surface area (Å²) in [6, 6.07) is 14.2. The number of hydrogen-bond acceptors (Lipinski definition) is 6. The second-order valence-corrected chi connectivity index (χ2v) is 11.9. The SMILES string of the molecule is CC1CCC(c2ccccc2)S(=O)(=O)N1Cc1ccc(N2CCC(n3cnnc3)C(CO)C2)cc1F. The Kier molecular flexibility index (Phi) is 7.09.